The fraction of sp³-hybridized carbons (Fsp3) is 0.133. The number of aromatic nitrogens is 1. The van der Waals surface area contributed by atoms with Gasteiger partial charge in [0.15, 0.2) is 0 Å². The predicted molar refractivity (Wildman–Crippen MR) is 75.0 cm³/mol. The Morgan fingerprint density at radius 3 is 2.75 bits per heavy atom. The van der Waals surface area contributed by atoms with Crippen molar-refractivity contribution in [2.24, 2.45) is 0 Å². The third-order valence-corrected chi connectivity index (χ3v) is 2.81. The lowest BCUT2D eigenvalue weighted by atomic mass is 10.1. The first-order valence-electron chi connectivity index (χ1n) is 6.11. The molecular weight excluding hydrogens is 256 g/mol. The van der Waals surface area contributed by atoms with E-state index in [0.717, 1.165) is 16.5 Å². The molecule has 0 saturated heterocycles. The van der Waals surface area contributed by atoms with Crippen molar-refractivity contribution in [1.29, 1.82) is 0 Å². The number of carbonyl (C=O) groups is 2. The van der Waals surface area contributed by atoms with Crippen molar-refractivity contribution in [3.8, 4) is 0 Å². The highest BCUT2D eigenvalue weighted by Crippen LogP contribution is 2.17. The lowest BCUT2D eigenvalue weighted by Crippen LogP contribution is -2.24. The molecule has 5 heteroatoms. The van der Waals surface area contributed by atoms with E-state index >= 15 is 0 Å². The van der Waals surface area contributed by atoms with Crippen LogP contribution >= 0.6 is 0 Å². The van der Waals surface area contributed by atoms with Gasteiger partial charge in [-0.2, -0.15) is 0 Å². The summed E-state index contributed by atoms with van der Waals surface area (Å²) >= 11 is 0. The van der Waals surface area contributed by atoms with Crippen molar-refractivity contribution in [3.05, 3.63) is 53.9 Å². The van der Waals surface area contributed by atoms with E-state index in [1.807, 2.05) is 30.3 Å². The van der Waals surface area contributed by atoms with Crippen molar-refractivity contribution in [2.45, 2.75) is 13.3 Å². The molecule has 5 nitrogen and oxygen atoms in total. The second kappa shape index (κ2) is 5.97. The predicted octanol–water partition coefficient (Wildman–Crippen LogP) is 1.88. The van der Waals surface area contributed by atoms with Crippen LogP contribution < -0.4 is 5.32 Å². The Kier molecular flexibility index (Phi) is 4.10. The highest BCUT2D eigenvalue weighted by molar-refractivity contribution is 5.92. The molecule has 1 heterocycles. The van der Waals surface area contributed by atoms with Crippen LogP contribution in [0.4, 0.5) is 0 Å². The second-order valence-electron chi connectivity index (χ2n) is 4.30. The van der Waals surface area contributed by atoms with Crippen molar-refractivity contribution in [1.82, 2.24) is 10.3 Å². The fourth-order valence-electron chi connectivity index (χ4n) is 1.93. The Morgan fingerprint density at radius 1 is 1.30 bits per heavy atom. The molecule has 0 radical (unpaired) electrons. The Labute approximate surface area is 115 Å². The number of hydrogen-bond donors (Lipinski definition) is 2. The van der Waals surface area contributed by atoms with Crippen LogP contribution in [0.15, 0.2) is 48.3 Å². The van der Waals surface area contributed by atoms with Gasteiger partial charge >= 0.3 is 5.97 Å². The Morgan fingerprint density at radius 2 is 2.05 bits per heavy atom. The van der Waals surface area contributed by atoms with Crippen LogP contribution in [0.25, 0.3) is 10.9 Å². The molecule has 20 heavy (non-hydrogen) atoms. The number of fused-ring (bicyclic) bond motifs is 1. The average Bonchev–Trinajstić information content (AvgIpc) is 2.42. The summed E-state index contributed by atoms with van der Waals surface area (Å²) < 4.78 is 0. The number of carbonyl (C=O) groups excluding carboxylic acids is 1. The minimum absolute atomic E-state index is 0.113. The maximum Gasteiger partial charge on any atom is 0.352 e. The molecule has 102 valence electrons. The number of amides is 1. The lowest BCUT2D eigenvalue weighted by Gasteiger charge is -2.05. The zero-order valence-corrected chi connectivity index (χ0v) is 11.0. The van der Waals surface area contributed by atoms with Gasteiger partial charge in [-0.25, -0.2) is 4.79 Å². The number of carboxylic acid groups (broad SMARTS) is 1. The number of allylic oxidation sites excluding steroid dienone is 1. The van der Waals surface area contributed by atoms with E-state index in [-0.39, 0.29) is 5.70 Å². The summed E-state index contributed by atoms with van der Waals surface area (Å²) in [7, 11) is 0. The number of nitrogens with one attached hydrogen (secondary N) is 1. The molecule has 0 bridgehead atoms. The molecule has 1 aromatic carbocycles. The van der Waals surface area contributed by atoms with E-state index in [2.05, 4.69) is 10.3 Å². The maximum absolute atomic E-state index is 11.0. The van der Waals surface area contributed by atoms with Crippen LogP contribution in [0.5, 0.6) is 0 Å². The van der Waals surface area contributed by atoms with Gasteiger partial charge in [0.2, 0.25) is 5.91 Å². The average molecular weight is 270 g/mol. The monoisotopic (exact) mass is 270 g/mol. The summed E-state index contributed by atoms with van der Waals surface area (Å²) in [6.45, 7) is 1.28. The molecule has 1 amide bonds. The van der Waals surface area contributed by atoms with Gasteiger partial charge in [0.05, 0.1) is 5.52 Å². The number of aliphatic carboxylic acids is 1. The summed E-state index contributed by atoms with van der Waals surface area (Å²) in [4.78, 5) is 26.2. The van der Waals surface area contributed by atoms with Crippen LogP contribution in [0, 0.1) is 0 Å². The van der Waals surface area contributed by atoms with E-state index < -0.39 is 11.9 Å². The zero-order valence-electron chi connectivity index (χ0n) is 11.0. The topological polar surface area (TPSA) is 79.3 Å². The van der Waals surface area contributed by atoms with E-state index in [9.17, 15) is 9.59 Å². The first-order valence-corrected chi connectivity index (χ1v) is 6.11. The molecule has 0 fully saturated rings. The molecule has 0 spiro atoms. The molecule has 0 saturated carbocycles. The molecule has 0 aliphatic carbocycles. The van der Waals surface area contributed by atoms with Crippen molar-refractivity contribution < 1.29 is 14.7 Å². The minimum Gasteiger partial charge on any atom is -0.477 e. The molecule has 1 aromatic heterocycles. The summed E-state index contributed by atoms with van der Waals surface area (Å²) in [6, 6.07) is 9.48. The SMILES string of the molecule is CC(=O)N/C(=C/Cc1ccnc2ccccc12)C(=O)O. The molecule has 2 aromatic rings. The van der Waals surface area contributed by atoms with Gasteiger partial charge in [-0.05, 0) is 30.2 Å². The van der Waals surface area contributed by atoms with Gasteiger partial charge in [-0.1, -0.05) is 18.2 Å². The van der Waals surface area contributed by atoms with Crippen LogP contribution in [-0.4, -0.2) is 22.0 Å². The number of carboxylic acids is 1. The summed E-state index contributed by atoms with van der Waals surface area (Å²) in [5, 5.41) is 12.3. The summed E-state index contributed by atoms with van der Waals surface area (Å²) in [6.07, 6.45) is 3.58. The number of pyridine rings is 1. The quantitative estimate of drug-likeness (QED) is 0.831. The number of hydrogen-bond acceptors (Lipinski definition) is 3. The number of nitrogens with zero attached hydrogens (tertiary/aromatic N) is 1. The molecule has 2 N–H and O–H groups in total. The van der Waals surface area contributed by atoms with Crippen molar-refractivity contribution >= 4 is 22.8 Å². The number of benzene rings is 1. The summed E-state index contributed by atoms with van der Waals surface area (Å²) in [5.41, 5.74) is 1.70. The van der Waals surface area contributed by atoms with E-state index in [0.29, 0.717) is 6.42 Å². The van der Waals surface area contributed by atoms with Crippen LogP contribution in [0.1, 0.15) is 12.5 Å². The highest BCUT2D eigenvalue weighted by atomic mass is 16.4. The van der Waals surface area contributed by atoms with Gasteiger partial charge < -0.3 is 10.4 Å². The van der Waals surface area contributed by atoms with Gasteiger partial charge in [-0.15, -0.1) is 0 Å². The molecule has 0 atom stereocenters. The highest BCUT2D eigenvalue weighted by Gasteiger charge is 2.08. The second-order valence-corrected chi connectivity index (χ2v) is 4.30. The standard InChI is InChI=1S/C15H14N2O3/c1-10(18)17-14(15(19)20)7-6-11-8-9-16-13-5-3-2-4-12(11)13/h2-5,7-9H,6H2,1H3,(H,17,18)(H,19,20)/b14-7+. The van der Waals surface area contributed by atoms with Crippen LogP contribution in [-0.2, 0) is 16.0 Å². The molecule has 0 aliphatic heterocycles. The van der Waals surface area contributed by atoms with Crippen molar-refractivity contribution in [2.75, 3.05) is 0 Å². The van der Waals surface area contributed by atoms with Gasteiger partial charge in [-0.3, -0.25) is 9.78 Å². The smallest absolute Gasteiger partial charge is 0.352 e. The molecule has 2 rings (SSSR count). The number of para-hydroxylation sites is 1. The van der Waals surface area contributed by atoms with E-state index in [1.165, 1.54) is 13.0 Å². The number of rotatable bonds is 4. The third-order valence-electron chi connectivity index (χ3n) is 2.81. The van der Waals surface area contributed by atoms with Crippen molar-refractivity contribution in [3.63, 3.8) is 0 Å². The van der Waals surface area contributed by atoms with E-state index in [4.69, 9.17) is 5.11 Å². The Bertz CT molecular complexity index is 687. The van der Waals surface area contributed by atoms with Gasteiger partial charge in [0, 0.05) is 18.5 Å². The fourth-order valence-corrected chi connectivity index (χ4v) is 1.93. The van der Waals surface area contributed by atoms with E-state index in [1.54, 1.807) is 6.20 Å². The van der Waals surface area contributed by atoms with Gasteiger partial charge in [0.1, 0.15) is 5.70 Å². The van der Waals surface area contributed by atoms with Gasteiger partial charge in [0.25, 0.3) is 0 Å². The first kappa shape index (κ1) is 13.7. The van der Waals surface area contributed by atoms with Crippen LogP contribution in [0.2, 0.25) is 0 Å². The molecular formula is C15H14N2O3. The Balaban J connectivity index is 2.31. The largest absolute Gasteiger partial charge is 0.477 e. The third kappa shape index (κ3) is 3.20. The summed E-state index contributed by atoms with van der Waals surface area (Å²) in [5.74, 6) is -1.56. The Hall–Kier alpha value is -2.69. The minimum atomic E-state index is -1.15. The maximum atomic E-state index is 11.0. The molecule has 0 aliphatic rings. The molecule has 0 unspecified atom stereocenters. The lowest BCUT2D eigenvalue weighted by molar-refractivity contribution is -0.134. The zero-order chi connectivity index (χ0) is 14.5. The normalized spacial score (nSPS) is 11.3. The van der Waals surface area contributed by atoms with Crippen LogP contribution in [0.3, 0.4) is 0 Å². The first-order chi connectivity index (χ1) is 9.58.